The maximum atomic E-state index is 11.9. The molecule has 2 heterocycles. The van der Waals surface area contributed by atoms with E-state index >= 15 is 0 Å². The van der Waals surface area contributed by atoms with Crippen molar-refractivity contribution in [1.29, 1.82) is 0 Å². The van der Waals surface area contributed by atoms with Gasteiger partial charge in [0.05, 0.1) is 18.1 Å². The Morgan fingerprint density at radius 3 is 2.76 bits per heavy atom. The number of carbonyl (C=O) groups excluding carboxylic acids is 1. The van der Waals surface area contributed by atoms with E-state index < -0.39 is 11.5 Å². The Labute approximate surface area is 126 Å². The lowest BCUT2D eigenvalue weighted by molar-refractivity contribution is -0.147. The third-order valence-corrected chi connectivity index (χ3v) is 4.43. The van der Waals surface area contributed by atoms with Gasteiger partial charge in [-0.05, 0) is 13.8 Å². The average Bonchev–Trinajstić information content (AvgIpc) is 3.01. The number of amides is 1. The first-order valence-electron chi connectivity index (χ1n) is 6.56. The number of ether oxygens (including phenoxy) is 1. The lowest BCUT2D eigenvalue weighted by Gasteiger charge is -2.23. The molecule has 116 valence electrons. The number of carboxylic acid groups (broad SMARTS) is 1. The van der Waals surface area contributed by atoms with Crippen LogP contribution in [0.15, 0.2) is 4.52 Å². The van der Waals surface area contributed by atoms with Gasteiger partial charge in [-0.3, -0.25) is 4.79 Å². The fourth-order valence-electron chi connectivity index (χ4n) is 2.14. The summed E-state index contributed by atoms with van der Waals surface area (Å²) in [5, 5.41) is 15.7. The van der Waals surface area contributed by atoms with E-state index in [1.807, 2.05) is 13.8 Å². The van der Waals surface area contributed by atoms with Gasteiger partial charge in [-0.2, -0.15) is 0 Å². The molecular weight excluding hydrogens is 296 g/mol. The molecule has 1 aromatic heterocycles. The van der Waals surface area contributed by atoms with Gasteiger partial charge in [-0.15, -0.1) is 11.8 Å². The van der Waals surface area contributed by atoms with Crippen molar-refractivity contribution in [2.24, 2.45) is 0 Å². The quantitative estimate of drug-likeness (QED) is 0.803. The summed E-state index contributed by atoms with van der Waals surface area (Å²) >= 11 is 1.40. The standard InChI is InChI=1S/C13H18N2O5S/c1-8-10(9(2)20-15-8)5-21-6-11(16)14-13(12(17)18)3-4-19-7-13/h3-7H2,1-2H3,(H,14,16)(H,17,18). The first-order valence-corrected chi connectivity index (χ1v) is 7.72. The number of nitrogens with zero attached hydrogens (tertiary/aromatic N) is 1. The van der Waals surface area contributed by atoms with Gasteiger partial charge in [0.15, 0.2) is 5.54 Å². The monoisotopic (exact) mass is 314 g/mol. The fraction of sp³-hybridized carbons (Fsp3) is 0.615. The van der Waals surface area contributed by atoms with Gasteiger partial charge >= 0.3 is 5.97 Å². The van der Waals surface area contributed by atoms with Crippen LogP contribution in [0.5, 0.6) is 0 Å². The molecule has 0 spiro atoms. The second-order valence-electron chi connectivity index (χ2n) is 5.03. The van der Waals surface area contributed by atoms with Gasteiger partial charge in [-0.25, -0.2) is 4.79 Å². The van der Waals surface area contributed by atoms with Gasteiger partial charge in [-0.1, -0.05) is 5.16 Å². The molecule has 2 rings (SSSR count). The summed E-state index contributed by atoms with van der Waals surface area (Å²) in [7, 11) is 0. The highest BCUT2D eigenvalue weighted by molar-refractivity contribution is 7.99. The van der Waals surface area contributed by atoms with Crippen molar-refractivity contribution in [2.45, 2.75) is 31.6 Å². The Kier molecular flexibility index (Phi) is 4.89. The first kappa shape index (κ1) is 15.8. The molecule has 1 unspecified atom stereocenters. The number of hydrogen-bond acceptors (Lipinski definition) is 6. The Balaban J connectivity index is 1.84. The van der Waals surface area contributed by atoms with Crippen molar-refractivity contribution >= 4 is 23.6 Å². The summed E-state index contributed by atoms with van der Waals surface area (Å²) in [5.41, 5.74) is 0.511. The SMILES string of the molecule is Cc1noc(C)c1CSCC(=O)NC1(C(=O)O)CCOC1. The molecule has 1 fully saturated rings. The van der Waals surface area contributed by atoms with Crippen molar-refractivity contribution in [3.63, 3.8) is 0 Å². The Morgan fingerprint density at radius 1 is 1.48 bits per heavy atom. The number of hydrogen-bond donors (Lipinski definition) is 2. The zero-order valence-corrected chi connectivity index (χ0v) is 12.8. The molecule has 0 aromatic carbocycles. The molecule has 2 N–H and O–H groups in total. The minimum absolute atomic E-state index is 0.0165. The van der Waals surface area contributed by atoms with Crippen LogP contribution in [0.2, 0.25) is 0 Å². The lowest BCUT2D eigenvalue weighted by Crippen LogP contribution is -2.55. The maximum Gasteiger partial charge on any atom is 0.331 e. The molecular formula is C13H18N2O5S. The van der Waals surface area contributed by atoms with Crippen LogP contribution in [0.1, 0.15) is 23.4 Å². The summed E-state index contributed by atoms with van der Waals surface area (Å²) in [6.07, 6.45) is 0.294. The van der Waals surface area contributed by atoms with Crippen molar-refractivity contribution in [1.82, 2.24) is 10.5 Å². The molecule has 1 aromatic rings. The smallest absolute Gasteiger partial charge is 0.331 e. The number of carboxylic acids is 1. The summed E-state index contributed by atoms with van der Waals surface area (Å²) in [5.74, 6) is 0.167. The van der Waals surface area contributed by atoms with E-state index in [9.17, 15) is 14.7 Å². The molecule has 0 aliphatic carbocycles. The van der Waals surface area contributed by atoms with Gasteiger partial charge in [0.2, 0.25) is 5.91 Å². The van der Waals surface area contributed by atoms with Crippen LogP contribution < -0.4 is 5.32 Å². The molecule has 1 aliphatic heterocycles. The minimum atomic E-state index is -1.28. The number of nitrogens with one attached hydrogen (secondary N) is 1. The van der Waals surface area contributed by atoms with E-state index in [2.05, 4.69) is 10.5 Å². The van der Waals surface area contributed by atoms with Crippen LogP contribution >= 0.6 is 11.8 Å². The third kappa shape index (κ3) is 3.56. The highest BCUT2D eigenvalue weighted by atomic mass is 32.2. The van der Waals surface area contributed by atoms with Crippen LogP contribution in [-0.2, 0) is 20.1 Å². The molecule has 7 nitrogen and oxygen atoms in total. The summed E-state index contributed by atoms with van der Waals surface area (Å²) in [6, 6.07) is 0. The van der Waals surface area contributed by atoms with E-state index in [1.54, 1.807) is 0 Å². The van der Waals surface area contributed by atoms with Crippen LogP contribution in [0.25, 0.3) is 0 Å². The molecule has 1 amide bonds. The number of carbonyl (C=O) groups is 2. The van der Waals surface area contributed by atoms with E-state index in [0.29, 0.717) is 18.8 Å². The van der Waals surface area contributed by atoms with Gasteiger partial charge in [0.25, 0.3) is 0 Å². The normalized spacial score (nSPS) is 21.4. The van der Waals surface area contributed by atoms with Crippen LogP contribution in [0, 0.1) is 13.8 Å². The van der Waals surface area contributed by atoms with Crippen LogP contribution in [-0.4, -0.2) is 46.6 Å². The zero-order valence-electron chi connectivity index (χ0n) is 12.0. The molecule has 0 radical (unpaired) electrons. The van der Waals surface area contributed by atoms with E-state index in [4.69, 9.17) is 9.26 Å². The van der Waals surface area contributed by atoms with E-state index in [-0.39, 0.29) is 18.3 Å². The highest BCUT2D eigenvalue weighted by Crippen LogP contribution is 2.21. The van der Waals surface area contributed by atoms with Gasteiger partial charge < -0.3 is 19.7 Å². The van der Waals surface area contributed by atoms with Gasteiger partial charge in [0, 0.05) is 24.3 Å². The highest BCUT2D eigenvalue weighted by Gasteiger charge is 2.43. The summed E-state index contributed by atoms with van der Waals surface area (Å²) in [6.45, 7) is 4.04. The predicted molar refractivity (Wildman–Crippen MR) is 76.1 cm³/mol. The van der Waals surface area contributed by atoms with Crippen LogP contribution in [0.4, 0.5) is 0 Å². The largest absolute Gasteiger partial charge is 0.479 e. The summed E-state index contributed by atoms with van der Waals surface area (Å²) < 4.78 is 10.1. The Bertz CT molecular complexity index is 517. The Hall–Kier alpha value is -1.54. The van der Waals surface area contributed by atoms with Crippen molar-refractivity contribution in [3.05, 3.63) is 17.0 Å². The zero-order chi connectivity index (χ0) is 15.5. The van der Waals surface area contributed by atoms with Crippen molar-refractivity contribution < 1.29 is 24.0 Å². The van der Waals surface area contributed by atoms with Crippen molar-refractivity contribution in [3.8, 4) is 0 Å². The average molecular weight is 314 g/mol. The van der Waals surface area contributed by atoms with Gasteiger partial charge in [0.1, 0.15) is 5.76 Å². The van der Waals surface area contributed by atoms with E-state index in [0.717, 1.165) is 17.0 Å². The lowest BCUT2D eigenvalue weighted by atomic mass is 9.99. The minimum Gasteiger partial charge on any atom is -0.479 e. The topological polar surface area (TPSA) is 102 Å². The summed E-state index contributed by atoms with van der Waals surface area (Å²) in [4.78, 5) is 23.2. The third-order valence-electron chi connectivity index (χ3n) is 3.47. The number of rotatable bonds is 6. The fourth-order valence-corrected chi connectivity index (χ4v) is 3.12. The molecule has 21 heavy (non-hydrogen) atoms. The molecule has 8 heteroatoms. The number of aromatic nitrogens is 1. The van der Waals surface area contributed by atoms with Crippen LogP contribution in [0.3, 0.4) is 0 Å². The van der Waals surface area contributed by atoms with E-state index in [1.165, 1.54) is 11.8 Å². The Morgan fingerprint density at radius 2 is 2.24 bits per heavy atom. The van der Waals surface area contributed by atoms with Crippen molar-refractivity contribution in [2.75, 3.05) is 19.0 Å². The molecule has 0 saturated carbocycles. The predicted octanol–water partition coefficient (Wildman–Crippen LogP) is 0.885. The number of aliphatic carboxylic acids is 1. The maximum absolute atomic E-state index is 11.9. The molecule has 0 bridgehead atoms. The second-order valence-corrected chi connectivity index (χ2v) is 6.02. The number of thioether (sulfide) groups is 1. The first-order chi connectivity index (χ1) is 9.94. The molecule has 1 aliphatic rings. The second kappa shape index (κ2) is 6.48. The number of aryl methyl sites for hydroxylation is 2. The molecule has 1 saturated heterocycles. The molecule has 1 atom stereocenters.